The maximum atomic E-state index is 14.7. The Bertz CT molecular complexity index is 1900. The number of hydrogen-bond donors (Lipinski definition) is 1. The van der Waals surface area contributed by atoms with Gasteiger partial charge in [0.05, 0.1) is 31.3 Å². The number of benzene rings is 2. The Morgan fingerprint density at radius 2 is 1.98 bits per heavy atom. The van der Waals surface area contributed by atoms with E-state index in [4.69, 9.17) is 25.8 Å². The predicted molar refractivity (Wildman–Crippen MR) is 199 cm³/mol. The average molecular weight is 738 g/mol. The first kappa shape index (κ1) is 36.9. The molecule has 6 rings (SSSR count). The number of carbonyl (C=O) groups excluding carboxylic acids is 2. The van der Waals surface area contributed by atoms with Crippen molar-refractivity contribution in [1.29, 1.82) is 0 Å². The molecule has 1 aromatic heterocycles. The fourth-order valence-electron chi connectivity index (χ4n) is 7.33. The summed E-state index contributed by atoms with van der Waals surface area (Å²) in [4.78, 5) is 29.9. The maximum Gasteiger partial charge on any atom is 0.286 e. The number of halogens is 1. The first-order chi connectivity index (χ1) is 24.6. The van der Waals surface area contributed by atoms with Gasteiger partial charge in [0.1, 0.15) is 21.2 Å². The van der Waals surface area contributed by atoms with Gasteiger partial charge in [0, 0.05) is 44.0 Å². The Balaban J connectivity index is 1.46. The summed E-state index contributed by atoms with van der Waals surface area (Å²) >= 11 is 6.47. The number of hydrogen-bond acceptors (Lipinski definition) is 8. The second-order valence-corrected chi connectivity index (χ2v) is 16.2. The Morgan fingerprint density at radius 1 is 1.14 bits per heavy atom. The molecule has 1 unspecified atom stereocenters. The highest BCUT2D eigenvalue weighted by molar-refractivity contribution is 7.92. The highest BCUT2D eigenvalue weighted by atomic mass is 35.5. The third-order valence-corrected chi connectivity index (χ3v) is 12.5. The summed E-state index contributed by atoms with van der Waals surface area (Å²) in [5.41, 5.74) is 3.50. The van der Waals surface area contributed by atoms with E-state index in [0.717, 1.165) is 44.3 Å². The fraction of sp³-hybridized carbons (Fsp3) is 0.500. The standard InChI is InChI=1S/C38H48ClN5O6S/c1-5-25-9-8-11-34(48-3)31-16-13-29(31)22-44-21-28-12-15-30(39)19-26(28)10-6-7-18-50-35-17-14-27(20-33(35)44)36(45)41-51(47,24-25)42-37(46)32-23-43(2)40-38(32)49-4/h8,11-12,14-15,17,19-20,23,25,29,31,34H,5-7,9-10,13,16,18,21-22,24H2,1-4H3,(H,41,42,45,46,47)/b11-8+/t25-,29-,31+,34-,51?/m0/s1. The highest BCUT2D eigenvalue weighted by Gasteiger charge is 2.38. The third kappa shape index (κ3) is 8.61. The molecule has 3 heterocycles. The molecular weight excluding hydrogens is 690 g/mol. The summed E-state index contributed by atoms with van der Waals surface area (Å²) in [6, 6.07) is 11.4. The second kappa shape index (κ2) is 16.2. The quantitative estimate of drug-likeness (QED) is 0.284. The van der Waals surface area contributed by atoms with E-state index in [1.54, 1.807) is 26.3 Å². The number of anilines is 1. The van der Waals surface area contributed by atoms with E-state index in [2.05, 4.69) is 43.4 Å². The van der Waals surface area contributed by atoms with E-state index >= 15 is 0 Å². The van der Waals surface area contributed by atoms with Gasteiger partial charge in [-0.3, -0.25) is 19.0 Å². The molecule has 0 spiro atoms. The van der Waals surface area contributed by atoms with Crippen molar-refractivity contribution in [3.63, 3.8) is 0 Å². The van der Waals surface area contributed by atoms with Gasteiger partial charge in [-0.25, -0.2) is 4.21 Å². The lowest BCUT2D eigenvalue weighted by atomic mass is 9.70. The number of rotatable bonds is 5. The Kier molecular flexibility index (Phi) is 11.7. The van der Waals surface area contributed by atoms with Crippen LogP contribution < -0.4 is 19.1 Å². The summed E-state index contributed by atoms with van der Waals surface area (Å²) in [6.45, 7) is 3.84. The van der Waals surface area contributed by atoms with Crippen LogP contribution in [0, 0.1) is 17.8 Å². The second-order valence-electron chi connectivity index (χ2n) is 13.8. The summed E-state index contributed by atoms with van der Waals surface area (Å²) in [7, 11) is 1.20. The van der Waals surface area contributed by atoms with Crippen LogP contribution in [0.3, 0.4) is 0 Å². The number of nitrogens with one attached hydrogen (secondary N) is 1. The zero-order chi connectivity index (χ0) is 36.1. The van der Waals surface area contributed by atoms with Crippen LogP contribution in [0.1, 0.15) is 77.3 Å². The normalized spacial score (nSPS) is 26.2. The zero-order valence-electron chi connectivity index (χ0n) is 29.8. The molecule has 1 saturated carbocycles. The van der Waals surface area contributed by atoms with Crippen molar-refractivity contribution in [2.75, 3.05) is 38.0 Å². The lowest BCUT2D eigenvalue weighted by Gasteiger charge is -2.43. The first-order valence-corrected chi connectivity index (χ1v) is 19.8. The smallest absolute Gasteiger partial charge is 0.286 e. The minimum atomic E-state index is -3.61. The number of carbonyl (C=O) groups is 2. The monoisotopic (exact) mass is 737 g/mol. The van der Waals surface area contributed by atoms with Gasteiger partial charge in [-0.15, -0.1) is 9.46 Å². The maximum absolute atomic E-state index is 14.7. The Labute approximate surface area is 306 Å². The number of aromatic nitrogens is 2. The van der Waals surface area contributed by atoms with Crippen LogP contribution in [0.25, 0.3) is 0 Å². The molecule has 1 aliphatic carbocycles. The molecule has 5 atom stereocenters. The van der Waals surface area contributed by atoms with E-state index in [9.17, 15) is 13.8 Å². The molecule has 274 valence electrons. The summed E-state index contributed by atoms with van der Waals surface area (Å²) in [5, 5.41) is 4.87. The molecule has 2 aliphatic heterocycles. The molecule has 51 heavy (non-hydrogen) atoms. The van der Waals surface area contributed by atoms with Gasteiger partial charge in [0.25, 0.3) is 11.8 Å². The molecule has 2 aromatic carbocycles. The molecule has 13 heteroatoms. The molecule has 1 N–H and O–H groups in total. The van der Waals surface area contributed by atoms with E-state index in [-0.39, 0.29) is 34.8 Å². The number of fused-ring (bicyclic) bond motifs is 3. The molecular formula is C38H48ClN5O6S. The molecule has 2 bridgehead atoms. The lowest BCUT2D eigenvalue weighted by Crippen LogP contribution is -2.43. The van der Waals surface area contributed by atoms with Crippen molar-refractivity contribution in [1.82, 2.24) is 14.5 Å². The zero-order valence-corrected chi connectivity index (χ0v) is 31.4. The SMILES string of the molecule is CC[C@H]1C/C=C/[C@H](OC)[C@@H]2CC[C@H]2CN2Cc3ccc(Cl)cc3CCCCOc3ccc(cc32)C(=O)N=S(=O)(NC(=O)c2cn(C)nc2OC)C1. The van der Waals surface area contributed by atoms with Crippen molar-refractivity contribution in [2.45, 2.75) is 64.5 Å². The Hall–Kier alpha value is -3.87. The van der Waals surface area contributed by atoms with Crippen LogP contribution in [0.5, 0.6) is 11.6 Å². The summed E-state index contributed by atoms with van der Waals surface area (Å²) in [6.07, 6.45) is 11.7. The van der Waals surface area contributed by atoms with Crippen molar-refractivity contribution in [2.24, 2.45) is 29.2 Å². The van der Waals surface area contributed by atoms with E-state index in [0.29, 0.717) is 48.6 Å². The Morgan fingerprint density at radius 3 is 2.73 bits per heavy atom. The van der Waals surface area contributed by atoms with E-state index < -0.39 is 21.7 Å². The average Bonchev–Trinajstić information content (AvgIpc) is 3.48. The molecule has 3 aromatic rings. The molecule has 1 fully saturated rings. The van der Waals surface area contributed by atoms with E-state index in [1.165, 1.54) is 29.1 Å². The number of ether oxygens (including phenoxy) is 3. The van der Waals surface area contributed by atoms with Crippen LogP contribution in [-0.4, -0.2) is 65.0 Å². The van der Waals surface area contributed by atoms with Gasteiger partial charge in [-0.2, -0.15) is 0 Å². The molecule has 0 radical (unpaired) electrons. The van der Waals surface area contributed by atoms with Crippen molar-refractivity contribution < 1.29 is 28.0 Å². The number of methoxy groups -OCH3 is 2. The molecule has 11 nitrogen and oxygen atoms in total. The van der Waals surface area contributed by atoms with Crippen LogP contribution in [-0.2, 0) is 34.7 Å². The van der Waals surface area contributed by atoms with Crippen molar-refractivity contribution in [3.8, 4) is 11.6 Å². The van der Waals surface area contributed by atoms with Gasteiger partial charge in [0.2, 0.25) is 5.88 Å². The van der Waals surface area contributed by atoms with Crippen LogP contribution in [0.4, 0.5) is 5.69 Å². The van der Waals surface area contributed by atoms with E-state index in [1.807, 2.05) is 19.1 Å². The lowest BCUT2D eigenvalue weighted by molar-refractivity contribution is 0.0133. The topological polar surface area (TPSA) is 124 Å². The van der Waals surface area contributed by atoms with Gasteiger partial charge in [-0.1, -0.05) is 43.2 Å². The van der Waals surface area contributed by atoms with Crippen LogP contribution in [0.2, 0.25) is 5.02 Å². The van der Waals surface area contributed by atoms with Gasteiger partial charge in [-0.05, 0) is 97.7 Å². The van der Waals surface area contributed by atoms with Crippen molar-refractivity contribution in [3.05, 3.63) is 82.0 Å². The molecule has 2 amide bonds. The fourth-order valence-corrected chi connectivity index (χ4v) is 9.51. The van der Waals surface area contributed by atoms with Crippen LogP contribution >= 0.6 is 11.6 Å². The third-order valence-electron chi connectivity index (χ3n) is 10.3. The number of nitrogens with zero attached hydrogens (tertiary/aromatic N) is 4. The highest BCUT2D eigenvalue weighted by Crippen LogP contribution is 2.42. The predicted octanol–water partition coefficient (Wildman–Crippen LogP) is 6.78. The minimum Gasteiger partial charge on any atom is -0.491 e. The summed E-state index contributed by atoms with van der Waals surface area (Å²) in [5.74, 6) is -0.0908. The van der Waals surface area contributed by atoms with Crippen LogP contribution in [0.15, 0.2) is 59.1 Å². The number of amides is 2. The van der Waals surface area contributed by atoms with Gasteiger partial charge < -0.3 is 19.1 Å². The minimum absolute atomic E-state index is 0.0167. The molecule has 0 saturated heterocycles. The van der Waals surface area contributed by atoms with Gasteiger partial charge in [0.15, 0.2) is 0 Å². The summed E-state index contributed by atoms with van der Waals surface area (Å²) < 4.78 is 40.8. The van der Waals surface area contributed by atoms with Gasteiger partial charge >= 0.3 is 0 Å². The molecule has 3 aliphatic rings. The first-order valence-electron chi connectivity index (χ1n) is 17.8. The van der Waals surface area contributed by atoms with Crippen molar-refractivity contribution >= 4 is 39.0 Å². The number of allylic oxidation sites excluding steroid dienone is 1. The largest absolute Gasteiger partial charge is 0.491 e. The number of aryl methyl sites for hydroxylation is 2.